The molecular weight excluding hydrogens is 244 g/mol. The highest BCUT2D eigenvalue weighted by atomic mass is 16.8. The molecule has 1 aromatic rings. The molecule has 1 aliphatic rings. The summed E-state index contributed by atoms with van der Waals surface area (Å²) in [7, 11) is 0. The summed E-state index contributed by atoms with van der Waals surface area (Å²) < 4.78 is 0. The van der Waals surface area contributed by atoms with Gasteiger partial charge in [0.2, 0.25) is 0 Å². The number of aryl methyl sites for hydroxylation is 2. The lowest BCUT2D eigenvalue weighted by Gasteiger charge is -2.26. The van der Waals surface area contributed by atoms with Crippen molar-refractivity contribution in [2.75, 3.05) is 5.32 Å². The van der Waals surface area contributed by atoms with E-state index < -0.39 is 5.23 Å². The van der Waals surface area contributed by atoms with E-state index in [-0.39, 0.29) is 5.78 Å². The van der Waals surface area contributed by atoms with E-state index in [4.69, 9.17) is 0 Å². The fourth-order valence-corrected chi connectivity index (χ4v) is 2.46. The van der Waals surface area contributed by atoms with E-state index in [1.54, 1.807) is 6.07 Å². The second-order valence-electron chi connectivity index (χ2n) is 5.26. The van der Waals surface area contributed by atoms with Crippen LogP contribution in [0, 0.1) is 5.21 Å². The summed E-state index contributed by atoms with van der Waals surface area (Å²) in [5.41, 5.74) is 3.14. The summed E-state index contributed by atoms with van der Waals surface area (Å²) in [5, 5.41) is 23.0. The van der Waals surface area contributed by atoms with Gasteiger partial charge in [0.1, 0.15) is 5.78 Å². The van der Waals surface area contributed by atoms with Crippen LogP contribution in [0.25, 0.3) is 0 Å². The Bertz CT molecular complexity index is 486. The highest BCUT2D eigenvalue weighted by Gasteiger charge is 2.19. The normalized spacial score (nSPS) is 19.5. The molecule has 0 fully saturated rings. The van der Waals surface area contributed by atoms with Crippen LogP contribution >= 0.6 is 0 Å². The Kier molecular flexibility index (Phi) is 4.19. The molecular formula is C14H20N2O3. The molecule has 0 spiro atoms. The fraction of sp³-hybridized carbons (Fsp3) is 0.500. The summed E-state index contributed by atoms with van der Waals surface area (Å²) >= 11 is 0. The Labute approximate surface area is 112 Å². The van der Waals surface area contributed by atoms with Crippen molar-refractivity contribution in [3.05, 3.63) is 28.5 Å². The molecule has 2 atom stereocenters. The van der Waals surface area contributed by atoms with Crippen molar-refractivity contribution in [2.24, 2.45) is 0 Å². The SMILES string of the molecule is CC(=O)CCc1cc2c(cc1[NH+]([O-])O)CCC(C)N2. The van der Waals surface area contributed by atoms with Gasteiger partial charge in [-0.25, -0.2) is 5.21 Å². The Balaban J connectivity index is 2.33. The summed E-state index contributed by atoms with van der Waals surface area (Å²) in [6.45, 7) is 3.64. The van der Waals surface area contributed by atoms with Gasteiger partial charge < -0.3 is 15.3 Å². The number of nitrogens with one attached hydrogen (secondary N) is 2. The van der Waals surface area contributed by atoms with Crippen molar-refractivity contribution in [1.29, 1.82) is 0 Å². The third kappa shape index (κ3) is 3.32. The molecule has 0 aromatic heterocycles. The lowest BCUT2D eigenvalue weighted by Crippen LogP contribution is -2.99. The second-order valence-corrected chi connectivity index (χ2v) is 5.26. The molecule has 104 valence electrons. The Morgan fingerprint density at radius 3 is 2.95 bits per heavy atom. The van der Waals surface area contributed by atoms with Crippen molar-refractivity contribution in [3.8, 4) is 0 Å². The molecule has 0 bridgehead atoms. The third-order valence-corrected chi connectivity index (χ3v) is 3.55. The van der Waals surface area contributed by atoms with E-state index in [1.807, 2.05) is 6.07 Å². The first-order chi connectivity index (χ1) is 8.97. The van der Waals surface area contributed by atoms with Crippen LogP contribution in [0.4, 0.5) is 11.4 Å². The zero-order valence-corrected chi connectivity index (χ0v) is 11.3. The Hall–Kier alpha value is -1.43. The summed E-state index contributed by atoms with van der Waals surface area (Å²) in [4.78, 5) is 11.1. The number of Topliss-reactive ketones (excluding diaryl/α,β-unsaturated/α-hetero) is 1. The largest absolute Gasteiger partial charge is 0.595 e. The smallest absolute Gasteiger partial charge is 0.167 e. The Morgan fingerprint density at radius 1 is 1.58 bits per heavy atom. The molecule has 2 unspecified atom stereocenters. The molecule has 1 heterocycles. The summed E-state index contributed by atoms with van der Waals surface area (Å²) in [6.07, 6.45) is 2.78. The van der Waals surface area contributed by atoms with Gasteiger partial charge in [0.25, 0.3) is 0 Å². The number of rotatable bonds is 4. The van der Waals surface area contributed by atoms with Gasteiger partial charge in [-0.3, -0.25) is 0 Å². The van der Waals surface area contributed by atoms with Crippen molar-refractivity contribution in [1.82, 2.24) is 0 Å². The molecule has 2 rings (SSSR count). The fourth-order valence-electron chi connectivity index (χ4n) is 2.46. The molecule has 19 heavy (non-hydrogen) atoms. The van der Waals surface area contributed by atoms with E-state index in [0.717, 1.165) is 29.7 Å². The second kappa shape index (κ2) is 5.69. The first-order valence-corrected chi connectivity index (χ1v) is 6.62. The minimum Gasteiger partial charge on any atom is -0.595 e. The van der Waals surface area contributed by atoms with E-state index in [1.165, 1.54) is 6.92 Å². The molecule has 3 N–H and O–H groups in total. The molecule has 0 radical (unpaired) electrons. The predicted octanol–water partition coefficient (Wildman–Crippen LogP) is 1.36. The molecule has 0 saturated carbocycles. The van der Waals surface area contributed by atoms with Crippen molar-refractivity contribution in [3.63, 3.8) is 0 Å². The topological polar surface area (TPSA) is 76.8 Å². The van der Waals surface area contributed by atoms with Crippen molar-refractivity contribution < 1.29 is 15.2 Å². The first kappa shape index (κ1) is 14.0. The number of ketones is 1. The zero-order chi connectivity index (χ0) is 14.0. The lowest BCUT2D eigenvalue weighted by atomic mass is 9.94. The minimum absolute atomic E-state index is 0.0791. The monoisotopic (exact) mass is 264 g/mol. The van der Waals surface area contributed by atoms with E-state index in [2.05, 4.69) is 12.2 Å². The molecule has 0 aliphatic carbocycles. The standard InChI is InChI=1S/C14H20N2O3/c1-9-3-5-11-8-14(16(18)19)12(6-4-10(2)17)7-13(11)15-9/h7-9,15-16,18H,3-6H2,1-2H3. The molecule has 0 saturated heterocycles. The summed E-state index contributed by atoms with van der Waals surface area (Å²) in [6, 6.07) is 4.06. The maximum atomic E-state index is 11.3. The molecule has 0 amide bonds. The average molecular weight is 264 g/mol. The number of anilines is 1. The number of hydrogen-bond acceptors (Lipinski definition) is 4. The van der Waals surface area contributed by atoms with Crippen molar-refractivity contribution in [2.45, 2.75) is 45.6 Å². The quantitative estimate of drug-likeness (QED) is 0.718. The molecule has 1 aromatic carbocycles. The van der Waals surface area contributed by atoms with Crippen LogP contribution < -0.4 is 10.5 Å². The van der Waals surface area contributed by atoms with Gasteiger partial charge in [0, 0.05) is 29.8 Å². The number of fused-ring (bicyclic) bond motifs is 1. The predicted molar refractivity (Wildman–Crippen MR) is 72.6 cm³/mol. The number of quaternary nitrogens is 1. The van der Waals surface area contributed by atoms with Crippen LogP contribution in [0.15, 0.2) is 12.1 Å². The van der Waals surface area contributed by atoms with Gasteiger partial charge in [-0.1, -0.05) is 0 Å². The van der Waals surface area contributed by atoms with Crippen LogP contribution in [0.1, 0.15) is 37.8 Å². The van der Waals surface area contributed by atoms with Gasteiger partial charge in [-0.15, -0.1) is 0 Å². The number of benzene rings is 1. The van der Waals surface area contributed by atoms with Crippen molar-refractivity contribution >= 4 is 17.2 Å². The van der Waals surface area contributed by atoms with E-state index in [9.17, 15) is 15.2 Å². The highest BCUT2D eigenvalue weighted by molar-refractivity contribution is 5.76. The maximum Gasteiger partial charge on any atom is 0.167 e. The van der Waals surface area contributed by atoms with Crippen LogP contribution in [-0.2, 0) is 17.6 Å². The molecule has 5 heteroatoms. The average Bonchev–Trinajstić information content (AvgIpc) is 2.34. The van der Waals surface area contributed by atoms with Crippen LogP contribution in [-0.4, -0.2) is 17.0 Å². The first-order valence-electron chi connectivity index (χ1n) is 6.62. The zero-order valence-electron chi connectivity index (χ0n) is 11.3. The Morgan fingerprint density at radius 2 is 2.32 bits per heavy atom. The van der Waals surface area contributed by atoms with Gasteiger partial charge in [-0.05, 0) is 44.7 Å². The number of hydrogen-bond donors (Lipinski definition) is 3. The molecule has 1 aliphatic heterocycles. The van der Waals surface area contributed by atoms with E-state index in [0.29, 0.717) is 24.6 Å². The number of carbonyl (C=O) groups is 1. The maximum absolute atomic E-state index is 11.3. The highest BCUT2D eigenvalue weighted by Crippen LogP contribution is 2.30. The van der Waals surface area contributed by atoms with E-state index >= 15 is 0 Å². The van der Waals surface area contributed by atoms with Gasteiger partial charge in [0.05, 0.1) is 0 Å². The van der Waals surface area contributed by atoms with Crippen LogP contribution in [0.3, 0.4) is 0 Å². The summed E-state index contributed by atoms with van der Waals surface area (Å²) in [5.74, 6) is 0.0791. The third-order valence-electron chi connectivity index (χ3n) is 3.55. The van der Waals surface area contributed by atoms with Crippen LogP contribution in [0.2, 0.25) is 0 Å². The van der Waals surface area contributed by atoms with Gasteiger partial charge in [0.15, 0.2) is 5.69 Å². The molecule has 5 nitrogen and oxygen atoms in total. The minimum atomic E-state index is -0.917. The van der Waals surface area contributed by atoms with Crippen LogP contribution in [0.5, 0.6) is 0 Å². The van der Waals surface area contributed by atoms with Gasteiger partial charge >= 0.3 is 0 Å². The lowest BCUT2D eigenvalue weighted by molar-refractivity contribution is -0.991. The van der Waals surface area contributed by atoms with Gasteiger partial charge in [-0.2, -0.15) is 5.23 Å². The number of carbonyl (C=O) groups excluding carboxylic acids is 1.